The molecule has 0 radical (unpaired) electrons. The summed E-state index contributed by atoms with van der Waals surface area (Å²) in [5.41, 5.74) is 1.43. The van der Waals surface area contributed by atoms with E-state index < -0.39 is 28.5 Å². The Morgan fingerprint density at radius 3 is 2.00 bits per heavy atom. The number of nitrogens with one attached hydrogen (secondary N) is 1. The Hall–Kier alpha value is -3.27. The maximum Gasteiger partial charge on any atom is 0.264 e. The first-order valence-electron chi connectivity index (χ1n) is 15.1. The molecular weight excluding hydrogens is 700 g/mol. The molecule has 4 aromatic rings. The van der Waals surface area contributed by atoms with Gasteiger partial charge in [-0.3, -0.25) is 13.9 Å². The van der Waals surface area contributed by atoms with Crippen molar-refractivity contribution >= 4 is 73.9 Å². The number of rotatable bonds is 12. The molecule has 0 spiro atoms. The molecule has 5 rings (SSSR count). The second-order valence-corrected chi connectivity index (χ2v) is 14.9. The van der Waals surface area contributed by atoms with Gasteiger partial charge in [0.2, 0.25) is 11.8 Å². The number of halogens is 4. The van der Waals surface area contributed by atoms with Crippen LogP contribution in [-0.4, -0.2) is 43.8 Å². The number of hydrogen-bond donors (Lipinski definition) is 1. The third-order valence-corrected chi connectivity index (χ3v) is 11.0. The van der Waals surface area contributed by atoms with Crippen molar-refractivity contribution in [2.45, 2.75) is 55.6 Å². The Kier molecular flexibility index (Phi) is 11.7. The molecule has 246 valence electrons. The second-order valence-electron chi connectivity index (χ2n) is 11.4. The van der Waals surface area contributed by atoms with Crippen LogP contribution in [0.15, 0.2) is 102 Å². The fourth-order valence-corrected chi connectivity index (χ4v) is 8.15. The molecule has 0 saturated heterocycles. The largest absolute Gasteiger partial charge is 0.352 e. The Bertz CT molecular complexity index is 1820. The zero-order valence-electron chi connectivity index (χ0n) is 25.3. The van der Waals surface area contributed by atoms with Crippen LogP contribution in [0.2, 0.25) is 20.1 Å². The van der Waals surface area contributed by atoms with Crippen molar-refractivity contribution < 1.29 is 18.0 Å². The van der Waals surface area contributed by atoms with Crippen molar-refractivity contribution in [1.82, 2.24) is 10.2 Å². The lowest BCUT2D eigenvalue weighted by Crippen LogP contribution is -2.54. The summed E-state index contributed by atoms with van der Waals surface area (Å²) in [6.45, 7) is -0.746. The Morgan fingerprint density at radius 1 is 0.787 bits per heavy atom. The first-order valence-corrected chi connectivity index (χ1v) is 18.1. The maximum absolute atomic E-state index is 14.6. The van der Waals surface area contributed by atoms with Crippen LogP contribution in [0.5, 0.6) is 0 Å². The van der Waals surface area contributed by atoms with E-state index in [1.165, 1.54) is 35.2 Å². The van der Waals surface area contributed by atoms with Crippen molar-refractivity contribution in [2.24, 2.45) is 0 Å². The van der Waals surface area contributed by atoms with Crippen molar-refractivity contribution in [3.8, 4) is 0 Å². The van der Waals surface area contributed by atoms with Crippen LogP contribution in [0.3, 0.4) is 0 Å². The SMILES string of the molecule is O=C(NC1CCCC1)[C@@H](Cc1ccccc1)N(Cc1ccc(Cl)cc1Cl)C(=O)CN(c1ccc(Cl)cc1Cl)S(=O)(=O)c1ccccc1. The second kappa shape index (κ2) is 15.8. The van der Waals surface area contributed by atoms with E-state index in [0.717, 1.165) is 35.6 Å². The van der Waals surface area contributed by atoms with Crippen molar-refractivity contribution in [3.63, 3.8) is 0 Å². The first-order chi connectivity index (χ1) is 22.5. The monoisotopic (exact) mass is 731 g/mol. The van der Waals surface area contributed by atoms with E-state index in [2.05, 4.69) is 5.32 Å². The van der Waals surface area contributed by atoms with Crippen LogP contribution >= 0.6 is 46.4 Å². The van der Waals surface area contributed by atoms with Gasteiger partial charge in [0.15, 0.2) is 0 Å². The van der Waals surface area contributed by atoms with Gasteiger partial charge in [0.25, 0.3) is 10.0 Å². The van der Waals surface area contributed by atoms with Gasteiger partial charge >= 0.3 is 0 Å². The topological polar surface area (TPSA) is 86.8 Å². The van der Waals surface area contributed by atoms with Gasteiger partial charge in [-0.25, -0.2) is 8.42 Å². The van der Waals surface area contributed by atoms with Gasteiger partial charge < -0.3 is 10.2 Å². The third-order valence-electron chi connectivity index (χ3n) is 8.12. The van der Waals surface area contributed by atoms with Gasteiger partial charge in [0.1, 0.15) is 12.6 Å². The van der Waals surface area contributed by atoms with E-state index in [1.54, 1.807) is 36.4 Å². The predicted molar refractivity (Wildman–Crippen MR) is 189 cm³/mol. The molecule has 1 atom stereocenters. The fraction of sp³-hybridized carbons (Fsp3) is 0.257. The molecule has 4 aromatic carbocycles. The number of benzene rings is 4. The molecule has 1 aliphatic rings. The van der Waals surface area contributed by atoms with Gasteiger partial charge in [0.05, 0.1) is 15.6 Å². The standard InChI is InChI=1S/C35H33Cl4N3O4S/c36-26-16-15-25(30(38)20-26)22-41(33(19-24-9-3-1-4-10-24)35(44)40-28-11-7-8-12-28)34(43)23-42(32-18-17-27(37)21-31(32)39)47(45,46)29-13-5-2-6-14-29/h1-6,9-10,13-18,20-21,28,33H,7-8,11-12,19,22-23H2,(H,40,44)/t33-/m1/s1. The smallest absolute Gasteiger partial charge is 0.264 e. The van der Waals surface area contributed by atoms with Crippen LogP contribution in [0, 0.1) is 0 Å². The zero-order chi connectivity index (χ0) is 33.6. The summed E-state index contributed by atoms with van der Waals surface area (Å²) in [5.74, 6) is -0.967. The Balaban J connectivity index is 1.60. The summed E-state index contributed by atoms with van der Waals surface area (Å²) in [5, 5.41) is 4.20. The summed E-state index contributed by atoms with van der Waals surface area (Å²) >= 11 is 25.5. The molecule has 1 fully saturated rings. The number of sulfonamides is 1. The highest BCUT2D eigenvalue weighted by molar-refractivity contribution is 7.92. The normalized spacial score (nSPS) is 14.0. The van der Waals surface area contributed by atoms with Gasteiger partial charge in [-0.2, -0.15) is 0 Å². The molecule has 12 heteroatoms. The molecule has 0 aromatic heterocycles. The van der Waals surface area contributed by atoms with E-state index in [-0.39, 0.29) is 40.5 Å². The summed E-state index contributed by atoms with van der Waals surface area (Å²) in [6.07, 6.45) is 3.89. The molecule has 47 heavy (non-hydrogen) atoms. The van der Waals surface area contributed by atoms with Gasteiger partial charge in [-0.1, -0.05) is 114 Å². The van der Waals surface area contributed by atoms with Gasteiger partial charge in [-0.15, -0.1) is 0 Å². The minimum absolute atomic E-state index is 0.0142. The predicted octanol–water partition coefficient (Wildman–Crippen LogP) is 8.19. The summed E-state index contributed by atoms with van der Waals surface area (Å²) in [6, 6.07) is 25.4. The number of hydrogen-bond acceptors (Lipinski definition) is 4. The number of carbonyl (C=O) groups is 2. The zero-order valence-corrected chi connectivity index (χ0v) is 29.1. The van der Waals surface area contributed by atoms with Crippen molar-refractivity contribution in [3.05, 3.63) is 128 Å². The van der Waals surface area contributed by atoms with E-state index in [4.69, 9.17) is 46.4 Å². The molecule has 1 saturated carbocycles. The molecule has 0 bridgehead atoms. The molecule has 0 heterocycles. The molecule has 0 unspecified atom stereocenters. The summed E-state index contributed by atoms with van der Waals surface area (Å²) < 4.78 is 29.3. The summed E-state index contributed by atoms with van der Waals surface area (Å²) in [7, 11) is -4.31. The van der Waals surface area contributed by atoms with E-state index in [0.29, 0.717) is 20.6 Å². The lowest BCUT2D eigenvalue weighted by molar-refractivity contribution is -0.140. The molecule has 2 amide bonds. The highest BCUT2D eigenvalue weighted by Crippen LogP contribution is 2.33. The van der Waals surface area contributed by atoms with Crippen LogP contribution in [0.4, 0.5) is 5.69 Å². The number of carbonyl (C=O) groups excluding carboxylic acids is 2. The van der Waals surface area contributed by atoms with E-state index in [1.807, 2.05) is 30.3 Å². The summed E-state index contributed by atoms with van der Waals surface area (Å²) in [4.78, 5) is 30.1. The lowest BCUT2D eigenvalue weighted by atomic mass is 10.0. The van der Waals surface area contributed by atoms with Crippen LogP contribution in [-0.2, 0) is 32.6 Å². The van der Waals surface area contributed by atoms with Crippen molar-refractivity contribution in [1.29, 1.82) is 0 Å². The molecule has 1 aliphatic carbocycles. The number of anilines is 1. The fourth-order valence-electron chi connectivity index (χ4n) is 5.67. The van der Waals surface area contributed by atoms with Crippen LogP contribution in [0.1, 0.15) is 36.8 Å². The lowest BCUT2D eigenvalue weighted by Gasteiger charge is -2.34. The Morgan fingerprint density at radius 2 is 1.38 bits per heavy atom. The number of amides is 2. The first kappa shape index (κ1) is 35.0. The molecular formula is C35H33Cl4N3O4S. The third kappa shape index (κ3) is 8.80. The van der Waals surface area contributed by atoms with Gasteiger partial charge in [-0.05, 0) is 66.4 Å². The quantitative estimate of drug-likeness (QED) is 0.159. The Labute approximate surface area is 295 Å². The number of nitrogens with zero attached hydrogens (tertiary/aromatic N) is 2. The maximum atomic E-state index is 14.6. The van der Waals surface area contributed by atoms with Crippen LogP contribution in [0.25, 0.3) is 0 Å². The molecule has 7 nitrogen and oxygen atoms in total. The minimum atomic E-state index is -4.31. The average Bonchev–Trinajstić information content (AvgIpc) is 3.56. The molecule has 0 aliphatic heterocycles. The van der Waals surface area contributed by atoms with Gasteiger partial charge in [0, 0.05) is 34.1 Å². The average molecular weight is 734 g/mol. The molecule has 1 N–H and O–H groups in total. The minimum Gasteiger partial charge on any atom is -0.352 e. The van der Waals surface area contributed by atoms with E-state index >= 15 is 0 Å². The van der Waals surface area contributed by atoms with Crippen molar-refractivity contribution in [2.75, 3.05) is 10.8 Å². The van der Waals surface area contributed by atoms with E-state index in [9.17, 15) is 18.0 Å². The highest BCUT2D eigenvalue weighted by Gasteiger charge is 2.36. The van der Waals surface area contributed by atoms with Crippen LogP contribution < -0.4 is 9.62 Å². The highest BCUT2D eigenvalue weighted by atomic mass is 35.5.